The molecule has 0 aromatic heterocycles. The lowest BCUT2D eigenvalue weighted by atomic mass is 10.0. The molecule has 0 saturated heterocycles. The topological polar surface area (TPSA) is 41.5 Å². The third-order valence-electron chi connectivity index (χ3n) is 3.51. The Kier molecular flexibility index (Phi) is 5.31. The van der Waals surface area contributed by atoms with E-state index < -0.39 is 0 Å². The zero-order valence-electron chi connectivity index (χ0n) is 12.2. The van der Waals surface area contributed by atoms with E-state index in [0.29, 0.717) is 0 Å². The number of aliphatic hydroxyl groups is 1. The minimum Gasteiger partial charge on any atom is -0.494 e. The predicted octanol–water partition coefficient (Wildman–Crippen LogP) is 3.22. The van der Waals surface area contributed by atoms with E-state index in [1.165, 1.54) is 13.2 Å². The van der Waals surface area contributed by atoms with Gasteiger partial charge in [-0.3, -0.25) is 0 Å². The van der Waals surface area contributed by atoms with Crippen molar-refractivity contribution in [3.63, 3.8) is 0 Å². The highest BCUT2D eigenvalue weighted by molar-refractivity contribution is 5.31. The minimum atomic E-state index is -0.385. The summed E-state index contributed by atoms with van der Waals surface area (Å²) in [6, 6.07) is 14.3. The van der Waals surface area contributed by atoms with Crippen molar-refractivity contribution in [2.45, 2.75) is 19.0 Å². The SMILES string of the molecule is COc1ccc(C(C)N[C@@H](CO)c2ccccc2)cc1F. The molecule has 2 atom stereocenters. The Morgan fingerprint density at radius 1 is 1.14 bits per heavy atom. The van der Waals surface area contributed by atoms with Gasteiger partial charge in [-0.05, 0) is 30.2 Å². The molecule has 2 N–H and O–H groups in total. The van der Waals surface area contributed by atoms with Gasteiger partial charge in [0.05, 0.1) is 19.8 Å². The van der Waals surface area contributed by atoms with E-state index in [4.69, 9.17) is 4.74 Å². The fourth-order valence-corrected chi connectivity index (χ4v) is 2.29. The van der Waals surface area contributed by atoms with Crippen molar-refractivity contribution < 1.29 is 14.2 Å². The molecule has 0 heterocycles. The number of methoxy groups -OCH3 is 1. The second kappa shape index (κ2) is 7.20. The number of ether oxygens (including phenoxy) is 1. The van der Waals surface area contributed by atoms with E-state index in [2.05, 4.69) is 5.32 Å². The number of benzene rings is 2. The van der Waals surface area contributed by atoms with Gasteiger partial charge < -0.3 is 15.2 Å². The van der Waals surface area contributed by atoms with Crippen molar-refractivity contribution in [3.8, 4) is 5.75 Å². The van der Waals surface area contributed by atoms with Gasteiger partial charge in [0.1, 0.15) is 0 Å². The first-order valence-corrected chi connectivity index (χ1v) is 6.91. The molecule has 0 aliphatic heterocycles. The average Bonchev–Trinajstić information content (AvgIpc) is 2.53. The Labute approximate surface area is 124 Å². The Bertz CT molecular complexity index is 574. The van der Waals surface area contributed by atoms with Crippen LogP contribution in [0.3, 0.4) is 0 Å². The normalized spacial score (nSPS) is 13.7. The van der Waals surface area contributed by atoms with E-state index in [1.807, 2.05) is 43.3 Å². The van der Waals surface area contributed by atoms with Gasteiger partial charge in [-0.2, -0.15) is 0 Å². The monoisotopic (exact) mass is 289 g/mol. The Hall–Kier alpha value is -1.91. The van der Waals surface area contributed by atoms with Gasteiger partial charge in [-0.25, -0.2) is 4.39 Å². The lowest BCUT2D eigenvalue weighted by Gasteiger charge is -2.22. The first kappa shape index (κ1) is 15.5. The Morgan fingerprint density at radius 2 is 1.86 bits per heavy atom. The number of halogens is 1. The smallest absolute Gasteiger partial charge is 0.165 e. The number of aliphatic hydroxyl groups excluding tert-OH is 1. The van der Waals surface area contributed by atoms with Crippen LogP contribution in [0, 0.1) is 5.82 Å². The molecule has 0 spiro atoms. The van der Waals surface area contributed by atoms with E-state index in [9.17, 15) is 9.50 Å². The lowest BCUT2D eigenvalue weighted by Crippen LogP contribution is -2.27. The molecule has 4 heteroatoms. The van der Waals surface area contributed by atoms with Crippen LogP contribution in [0.25, 0.3) is 0 Å². The molecule has 0 saturated carbocycles. The Balaban J connectivity index is 2.12. The molecule has 0 radical (unpaired) electrons. The summed E-state index contributed by atoms with van der Waals surface area (Å²) in [5.74, 6) is -0.156. The zero-order valence-corrected chi connectivity index (χ0v) is 12.2. The van der Waals surface area contributed by atoms with E-state index in [-0.39, 0.29) is 30.3 Å². The fourth-order valence-electron chi connectivity index (χ4n) is 2.29. The van der Waals surface area contributed by atoms with Crippen molar-refractivity contribution in [1.82, 2.24) is 5.32 Å². The highest BCUT2D eigenvalue weighted by atomic mass is 19.1. The van der Waals surface area contributed by atoms with Crippen LogP contribution in [0.15, 0.2) is 48.5 Å². The van der Waals surface area contributed by atoms with Crippen molar-refractivity contribution in [2.24, 2.45) is 0 Å². The van der Waals surface area contributed by atoms with E-state index in [1.54, 1.807) is 6.07 Å². The highest BCUT2D eigenvalue weighted by Crippen LogP contribution is 2.24. The van der Waals surface area contributed by atoms with Crippen LogP contribution in [-0.4, -0.2) is 18.8 Å². The maximum Gasteiger partial charge on any atom is 0.165 e. The summed E-state index contributed by atoms with van der Waals surface area (Å²) in [7, 11) is 1.44. The first-order chi connectivity index (χ1) is 10.2. The summed E-state index contributed by atoms with van der Waals surface area (Å²) in [5, 5.41) is 12.9. The molecule has 0 amide bonds. The average molecular weight is 289 g/mol. The summed E-state index contributed by atoms with van der Waals surface area (Å²) < 4.78 is 18.7. The van der Waals surface area contributed by atoms with Gasteiger partial charge in [0.15, 0.2) is 11.6 Å². The summed E-state index contributed by atoms with van der Waals surface area (Å²) >= 11 is 0. The molecule has 0 aliphatic rings. The standard InChI is InChI=1S/C17H20FNO2/c1-12(14-8-9-17(21-2)15(18)10-14)19-16(11-20)13-6-4-3-5-7-13/h3-10,12,16,19-20H,11H2,1-2H3/t12?,16-/m0/s1. The van der Waals surface area contributed by atoms with Crippen LogP contribution in [-0.2, 0) is 0 Å². The van der Waals surface area contributed by atoms with Crippen molar-refractivity contribution >= 4 is 0 Å². The van der Waals surface area contributed by atoms with Crippen LogP contribution in [0.5, 0.6) is 5.75 Å². The van der Waals surface area contributed by atoms with Gasteiger partial charge in [0, 0.05) is 6.04 Å². The lowest BCUT2D eigenvalue weighted by molar-refractivity contribution is 0.235. The summed E-state index contributed by atoms with van der Waals surface area (Å²) in [4.78, 5) is 0. The molecule has 0 bridgehead atoms. The van der Waals surface area contributed by atoms with Gasteiger partial charge in [0.2, 0.25) is 0 Å². The third kappa shape index (κ3) is 3.80. The molecule has 2 rings (SSSR count). The second-order valence-electron chi connectivity index (χ2n) is 4.93. The molecule has 2 aromatic rings. The van der Waals surface area contributed by atoms with Crippen molar-refractivity contribution in [3.05, 3.63) is 65.5 Å². The quantitative estimate of drug-likeness (QED) is 0.858. The van der Waals surface area contributed by atoms with Crippen LogP contribution >= 0.6 is 0 Å². The summed E-state index contributed by atoms with van der Waals surface area (Å²) in [5.41, 5.74) is 1.81. The van der Waals surface area contributed by atoms with Gasteiger partial charge >= 0.3 is 0 Å². The van der Waals surface area contributed by atoms with E-state index >= 15 is 0 Å². The number of rotatable bonds is 6. The number of hydrogen-bond donors (Lipinski definition) is 2. The Morgan fingerprint density at radius 3 is 2.43 bits per heavy atom. The van der Waals surface area contributed by atoms with Gasteiger partial charge in [-0.15, -0.1) is 0 Å². The molecular formula is C17H20FNO2. The van der Waals surface area contributed by atoms with Crippen LogP contribution in [0.2, 0.25) is 0 Å². The first-order valence-electron chi connectivity index (χ1n) is 6.91. The van der Waals surface area contributed by atoms with E-state index in [0.717, 1.165) is 11.1 Å². The second-order valence-corrected chi connectivity index (χ2v) is 4.93. The van der Waals surface area contributed by atoms with Crippen LogP contribution in [0.1, 0.15) is 30.1 Å². The predicted molar refractivity (Wildman–Crippen MR) is 80.8 cm³/mol. The molecule has 3 nitrogen and oxygen atoms in total. The largest absolute Gasteiger partial charge is 0.494 e. The molecule has 2 aromatic carbocycles. The van der Waals surface area contributed by atoms with Crippen molar-refractivity contribution in [2.75, 3.05) is 13.7 Å². The van der Waals surface area contributed by atoms with Gasteiger partial charge in [-0.1, -0.05) is 36.4 Å². The molecular weight excluding hydrogens is 269 g/mol. The maximum atomic E-state index is 13.8. The highest BCUT2D eigenvalue weighted by Gasteiger charge is 2.15. The van der Waals surface area contributed by atoms with Crippen molar-refractivity contribution in [1.29, 1.82) is 0 Å². The molecule has 0 aliphatic carbocycles. The van der Waals surface area contributed by atoms with Crippen LogP contribution in [0.4, 0.5) is 4.39 Å². The molecule has 1 unspecified atom stereocenters. The molecule has 21 heavy (non-hydrogen) atoms. The van der Waals surface area contributed by atoms with Gasteiger partial charge in [0.25, 0.3) is 0 Å². The fraction of sp³-hybridized carbons (Fsp3) is 0.294. The number of hydrogen-bond acceptors (Lipinski definition) is 3. The summed E-state index contributed by atoms with van der Waals surface area (Å²) in [6.45, 7) is 1.92. The minimum absolute atomic E-state index is 0.0208. The summed E-state index contributed by atoms with van der Waals surface area (Å²) in [6.07, 6.45) is 0. The molecule has 112 valence electrons. The van der Waals surface area contributed by atoms with Crippen LogP contribution < -0.4 is 10.1 Å². The number of nitrogens with one attached hydrogen (secondary N) is 1. The molecule has 0 fully saturated rings. The third-order valence-corrected chi connectivity index (χ3v) is 3.51. The maximum absolute atomic E-state index is 13.8. The zero-order chi connectivity index (χ0) is 15.2.